The van der Waals surface area contributed by atoms with Gasteiger partial charge in [0.15, 0.2) is 0 Å². The van der Waals surface area contributed by atoms with E-state index < -0.39 is 5.97 Å². The van der Waals surface area contributed by atoms with Gasteiger partial charge in [0.2, 0.25) is 0 Å². The van der Waals surface area contributed by atoms with E-state index >= 15 is 0 Å². The maximum absolute atomic E-state index is 12.0. The lowest BCUT2D eigenvalue weighted by Gasteiger charge is -2.20. The third kappa shape index (κ3) is 2.93. The SMILES string of the molecule is NCC1CCN(C(=O)NC2CCC(C(=O)O)C2)C1. The van der Waals surface area contributed by atoms with Crippen LogP contribution >= 0.6 is 0 Å². The van der Waals surface area contributed by atoms with Crippen molar-refractivity contribution in [2.75, 3.05) is 19.6 Å². The number of hydrogen-bond donors (Lipinski definition) is 3. The summed E-state index contributed by atoms with van der Waals surface area (Å²) >= 11 is 0. The number of aliphatic carboxylic acids is 1. The van der Waals surface area contributed by atoms with Crippen LogP contribution in [0.5, 0.6) is 0 Å². The molecule has 0 aromatic carbocycles. The van der Waals surface area contributed by atoms with E-state index in [0.29, 0.717) is 25.3 Å². The highest BCUT2D eigenvalue weighted by molar-refractivity contribution is 5.75. The van der Waals surface area contributed by atoms with Crippen molar-refractivity contribution in [3.63, 3.8) is 0 Å². The summed E-state index contributed by atoms with van der Waals surface area (Å²) in [6, 6.07) is -0.0579. The zero-order chi connectivity index (χ0) is 13.1. The second-order valence-corrected chi connectivity index (χ2v) is 5.33. The van der Waals surface area contributed by atoms with E-state index in [-0.39, 0.29) is 18.0 Å². The van der Waals surface area contributed by atoms with Crippen LogP contribution in [0.15, 0.2) is 0 Å². The number of carboxylic acid groups (broad SMARTS) is 1. The molecule has 1 aliphatic heterocycles. The minimum absolute atomic E-state index is 0.00975. The van der Waals surface area contributed by atoms with Crippen molar-refractivity contribution in [3.05, 3.63) is 0 Å². The van der Waals surface area contributed by atoms with Gasteiger partial charge < -0.3 is 21.1 Å². The largest absolute Gasteiger partial charge is 0.481 e. The Morgan fingerprint density at radius 3 is 2.67 bits per heavy atom. The summed E-state index contributed by atoms with van der Waals surface area (Å²) in [6.45, 7) is 2.09. The van der Waals surface area contributed by atoms with Crippen LogP contribution in [0.25, 0.3) is 0 Å². The predicted octanol–water partition coefficient (Wildman–Crippen LogP) is 0.230. The number of urea groups is 1. The van der Waals surface area contributed by atoms with Crippen LogP contribution < -0.4 is 11.1 Å². The summed E-state index contributed by atoms with van der Waals surface area (Å²) in [4.78, 5) is 24.6. The van der Waals surface area contributed by atoms with Gasteiger partial charge in [0, 0.05) is 19.1 Å². The minimum atomic E-state index is -0.754. The van der Waals surface area contributed by atoms with Crippen molar-refractivity contribution in [1.29, 1.82) is 0 Å². The number of hydrogen-bond acceptors (Lipinski definition) is 3. The fourth-order valence-electron chi connectivity index (χ4n) is 2.81. The van der Waals surface area contributed by atoms with Crippen LogP contribution in [0, 0.1) is 11.8 Å². The van der Waals surface area contributed by atoms with Crippen LogP contribution in [-0.2, 0) is 4.79 Å². The lowest BCUT2D eigenvalue weighted by molar-refractivity contribution is -0.141. The van der Waals surface area contributed by atoms with Gasteiger partial charge in [-0.3, -0.25) is 4.79 Å². The van der Waals surface area contributed by atoms with E-state index in [4.69, 9.17) is 10.8 Å². The second-order valence-electron chi connectivity index (χ2n) is 5.33. The molecule has 3 unspecified atom stereocenters. The van der Waals surface area contributed by atoms with Crippen molar-refractivity contribution in [1.82, 2.24) is 10.2 Å². The molecule has 0 spiro atoms. The number of nitrogens with zero attached hydrogens (tertiary/aromatic N) is 1. The smallest absolute Gasteiger partial charge is 0.317 e. The summed E-state index contributed by atoms with van der Waals surface area (Å²) < 4.78 is 0. The van der Waals surface area contributed by atoms with Crippen molar-refractivity contribution in [2.45, 2.75) is 31.7 Å². The molecule has 1 saturated heterocycles. The normalized spacial score (nSPS) is 31.6. The van der Waals surface area contributed by atoms with Crippen LogP contribution in [0.3, 0.4) is 0 Å². The molecule has 1 saturated carbocycles. The topological polar surface area (TPSA) is 95.7 Å². The molecule has 2 fully saturated rings. The highest BCUT2D eigenvalue weighted by atomic mass is 16.4. The molecular weight excluding hydrogens is 234 g/mol. The quantitative estimate of drug-likeness (QED) is 0.672. The Morgan fingerprint density at radius 1 is 1.33 bits per heavy atom. The average Bonchev–Trinajstić information content (AvgIpc) is 2.96. The molecule has 102 valence electrons. The van der Waals surface area contributed by atoms with Crippen molar-refractivity contribution in [2.24, 2.45) is 17.6 Å². The number of likely N-dealkylation sites (tertiary alicyclic amines) is 1. The Kier molecular flexibility index (Phi) is 4.06. The monoisotopic (exact) mass is 255 g/mol. The van der Waals surface area contributed by atoms with E-state index in [9.17, 15) is 9.59 Å². The summed E-state index contributed by atoms with van der Waals surface area (Å²) in [5.74, 6) is -0.645. The number of carbonyl (C=O) groups excluding carboxylic acids is 1. The first-order valence-corrected chi connectivity index (χ1v) is 6.58. The molecule has 6 nitrogen and oxygen atoms in total. The molecule has 6 heteroatoms. The first kappa shape index (κ1) is 13.1. The molecule has 0 bridgehead atoms. The Balaban J connectivity index is 1.77. The zero-order valence-corrected chi connectivity index (χ0v) is 10.5. The average molecular weight is 255 g/mol. The van der Waals surface area contributed by atoms with Crippen molar-refractivity contribution >= 4 is 12.0 Å². The summed E-state index contributed by atoms with van der Waals surface area (Å²) in [5, 5.41) is 11.8. The molecule has 2 aliphatic rings. The van der Waals surface area contributed by atoms with Gasteiger partial charge in [-0.25, -0.2) is 4.79 Å². The van der Waals surface area contributed by atoms with E-state index in [2.05, 4.69) is 5.32 Å². The molecule has 18 heavy (non-hydrogen) atoms. The fourth-order valence-corrected chi connectivity index (χ4v) is 2.81. The van der Waals surface area contributed by atoms with Gasteiger partial charge >= 0.3 is 12.0 Å². The Bertz CT molecular complexity index is 335. The summed E-state index contributed by atoms with van der Waals surface area (Å²) in [6.07, 6.45) is 2.93. The van der Waals surface area contributed by atoms with E-state index in [1.165, 1.54) is 0 Å². The van der Waals surface area contributed by atoms with Gasteiger partial charge in [-0.05, 0) is 38.1 Å². The van der Waals surface area contributed by atoms with Crippen LogP contribution in [0.1, 0.15) is 25.7 Å². The Labute approximate surface area is 107 Å². The Hall–Kier alpha value is -1.30. The maximum atomic E-state index is 12.0. The minimum Gasteiger partial charge on any atom is -0.481 e. The number of nitrogens with one attached hydrogen (secondary N) is 1. The zero-order valence-electron chi connectivity index (χ0n) is 10.5. The highest BCUT2D eigenvalue weighted by Gasteiger charge is 2.32. The van der Waals surface area contributed by atoms with Crippen LogP contribution in [0.4, 0.5) is 4.79 Å². The van der Waals surface area contributed by atoms with E-state index in [0.717, 1.165) is 25.9 Å². The van der Waals surface area contributed by atoms with Crippen molar-refractivity contribution < 1.29 is 14.7 Å². The number of carbonyl (C=O) groups is 2. The molecule has 4 N–H and O–H groups in total. The van der Waals surface area contributed by atoms with Gasteiger partial charge in [-0.2, -0.15) is 0 Å². The number of amides is 2. The van der Waals surface area contributed by atoms with Crippen LogP contribution in [-0.4, -0.2) is 47.7 Å². The van der Waals surface area contributed by atoms with Gasteiger partial charge in [-0.1, -0.05) is 0 Å². The second kappa shape index (κ2) is 5.56. The van der Waals surface area contributed by atoms with Crippen molar-refractivity contribution in [3.8, 4) is 0 Å². The molecule has 3 atom stereocenters. The number of nitrogens with two attached hydrogens (primary N) is 1. The third-order valence-electron chi connectivity index (χ3n) is 4.02. The molecule has 1 heterocycles. The van der Waals surface area contributed by atoms with Gasteiger partial charge in [-0.15, -0.1) is 0 Å². The molecule has 1 aliphatic carbocycles. The van der Waals surface area contributed by atoms with Gasteiger partial charge in [0.1, 0.15) is 0 Å². The Morgan fingerprint density at radius 2 is 2.11 bits per heavy atom. The lowest BCUT2D eigenvalue weighted by atomic mass is 10.1. The molecule has 2 amide bonds. The molecule has 0 aromatic heterocycles. The standard InChI is InChI=1S/C12H21N3O3/c13-6-8-3-4-15(7-8)12(18)14-10-2-1-9(5-10)11(16)17/h8-10H,1-7,13H2,(H,14,18)(H,16,17). The predicted molar refractivity (Wildman–Crippen MR) is 66.0 cm³/mol. The molecule has 0 aromatic rings. The molecule has 2 rings (SSSR count). The first-order valence-electron chi connectivity index (χ1n) is 6.58. The molecule has 0 radical (unpaired) electrons. The third-order valence-corrected chi connectivity index (χ3v) is 4.02. The van der Waals surface area contributed by atoms with Crippen LogP contribution in [0.2, 0.25) is 0 Å². The highest BCUT2D eigenvalue weighted by Crippen LogP contribution is 2.26. The maximum Gasteiger partial charge on any atom is 0.317 e. The molecular formula is C12H21N3O3. The fraction of sp³-hybridized carbons (Fsp3) is 0.833. The number of carboxylic acids is 1. The lowest BCUT2D eigenvalue weighted by Crippen LogP contribution is -2.43. The summed E-state index contributed by atoms with van der Waals surface area (Å²) in [7, 11) is 0. The van der Waals surface area contributed by atoms with Gasteiger partial charge in [0.25, 0.3) is 0 Å². The van der Waals surface area contributed by atoms with E-state index in [1.807, 2.05) is 0 Å². The van der Waals surface area contributed by atoms with E-state index in [1.54, 1.807) is 4.90 Å². The summed E-state index contributed by atoms with van der Waals surface area (Å²) in [5.41, 5.74) is 5.59. The number of rotatable bonds is 3. The first-order chi connectivity index (χ1) is 8.60. The van der Waals surface area contributed by atoms with Gasteiger partial charge in [0.05, 0.1) is 5.92 Å².